The molecular formula is C46H89O8P. The number of ether oxygens (including phenoxy) is 2. The second-order valence-corrected chi connectivity index (χ2v) is 17.3. The average molecular weight is 801 g/mol. The molecule has 326 valence electrons. The van der Waals surface area contributed by atoms with E-state index in [1.165, 1.54) is 186 Å². The zero-order valence-electron chi connectivity index (χ0n) is 36.1. The Balaban J connectivity index is 3.82. The first-order valence-corrected chi connectivity index (χ1v) is 25.0. The van der Waals surface area contributed by atoms with E-state index in [4.69, 9.17) is 19.3 Å². The molecule has 0 spiro atoms. The van der Waals surface area contributed by atoms with E-state index in [0.717, 1.165) is 32.1 Å². The molecule has 0 radical (unpaired) electrons. The van der Waals surface area contributed by atoms with Crippen molar-refractivity contribution in [2.45, 2.75) is 258 Å². The summed E-state index contributed by atoms with van der Waals surface area (Å²) in [6, 6.07) is 0. The predicted molar refractivity (Wildman–Crippen MR) is 230 cm³/mol. The molecule has 0 aromatic rings. The molecule has 2 N–H and O–H groups in total. The van der Waals surface area contributed by atoms with Gasteiger partial charge < -0.3 is 19.3 Å². The molecule has 0 unspecified atom stereocenters. The Morgan fingerprint density at radius 3 is 1.11 bits per heavy atom. The summed E-state index contributed by atoms with van der Waals surface area (Å²) in [5, 5.41) is 0. The first-order valence-electron chi connectivity index (χ1n) is 23.5. The van der Waals surface area contributed by atoms with Crippen molar-refractivity contribution in [3.05, 3.63) is 12.2 Å². The molecule has 0 bridgehead atoms. The van der Waals surface area contributed by atoms with Crippen LogP contribution >= 0.6 is 7.82 Å². The van der Waals surface area contributed by atoms with Crippen molar-refractivity contribution in [3.8, 4) is 0 Å². The van der Waals surface area contributed by atoms with Gasteiger partial charge in [-0.05, 0) is 38.5 Å². The molecule has 0 saturated heterocycles. The van der Waals surface area contributed by atoms with E-state index in [-0.39, 0.29) is 19.4 Å². The van der Waals surface area contributed by atoms with E-state index in [1.54, 1.807) is 0 Å². The third-order valence-corrected chi connectivity index (χ3v) is 11.0. The van der Waals surface area contributed by atoms with E-state index in [2.05, 4.69) is 30.5 Å². The lowest BCUT2D eigenvalue weighted by Crippen LogP contribution is -2.29. The summed E-state index contributed by atoms with van der Waals surface area (Å²) < 4.78 is 26.5. The molecule has 0 fully saturated rings. The van der Waals surface area contributed by atoms with E-state index in [1.807, 2.05) is 0 Å². The number of esters is 2. The third kappa shape index (κ3) is 45.4. The summed E-state index contributed by atoms with van der Waals surface area (Å²) in [6.07, 6.45) is 47.9. The minimum absolute atomic E-state index is 0.218. The maximum atomic E-state index is 12.4. The predicted octanol–water partition coefficient (Wildman–Crippen LogP) is 14.6. The van der Waals surface area contributed by atoms with Gasteiger partial charge in [-0.1, -0.05) is 212 Å². The number of hydrogen-bond acceptors (Lipinski definition) is 6. The van der Waals surface area contributed by atoms with E-state index >= 15 is 0 Å². The molecule has 8 nitrogen and oxygen atoms in total. The Bertz CT molecular complexity index is 904. The zero-order chi connectivity index (χ0) is 40.3. The Hall–Kier alpha value is -1.21. The standard InChI is InChI=1S/C46H89O8P/c1-3-5-7-9-11-13-15-17-19-21-23-25-26-28-30-32-34-36-38-40-45(47)52-42-44(43-53-55(49,50)51)54-46(48)41-39-37-35-33-31-29-27-24-22-20-18-16-14-12-10-8-6-4-2/h17,19,44H,3-16,18,20-43H2,1-2H3,(H2,49,50,51)/b19-17+/t44-/m1/s1. The number of unbranched alkanes of at least 4 members (excludes halogenated alkanes) is 32. The number of phosphoric acid groups is 1. The molecule has 0 aromatic heterocycles. The highest BCUT2D eigenvalue weighted by molar-refractivity contribution is 7.46. The van der Waals surface area contributed by atoms with Gasteiger partial charge in [-0.3, -0.25) is 14.1 Å². The number of rotatable bonds is 44. The van der Waals surface area contributed by atoms with Crippen LogP contribution in [0.1, 0.15) is 251 Å². The van der Waals surface area contributed by atoms with Crippen LogP contribution in [0.5, 0.6) is 0 Å². The number of carbonyl (C=O) groups excluding carboxylic acids is 2. The topological polar surface area (TPSA) is 119 Å². The van der Waals surface area contributed by atoms with Gasteiger partial charge in [0.1, 0.15) is 6.61 Å². The van der Waals surface area contributed by atoms with Gasteiger partial charge in [0, 0.05) is 12.8 Å². The Kier molecular flexibility index (Phi) is 41.5. The van der Waals surface area contributed by atoms with Crippen LogP contribution in [0.3, 0.4) is 0 Å². The normalized spacial score (nSPS) is 12.4. The molecule has 0 aliphatic heterocycles. The number of allylic oxidation sites excluding steroid dienone is 2. The highest BCUT2D eigenvalue weighted by Gasteiger charge is 2.23. The lowest BCUT2D eigenvalue weighted by atomic mass is 10.0. The van der Waals surface area contributed by atoms with Gasteiger partial charge in [0.15, 0.2) is 6.10 Å². The van der Waals surface area contributed by atoms with Crippen molar-refractivity contribution < 1.29 is 37.9 Å². The molecule has 0 aliphatic rings. The lowest BCUT2D eigenvalue weighted by molar-refractivity contribution is -0.161. The van der Waals surface area contributed by atoms with Crippen molar-refractivity contribution in [2.75, 3.05) is 13.2 Å². The highest BCUT2D eigenvalue weighted by atomic mass is 31.2. The molecule has 0 amide bonds. The summed E-state index contributed by atoms with van der Waals surface area (Å²) in [5.41, 5.74) is 0. The molecule has 0 rings (SSSR count). The fourth-order valence-electron chi connectivity index (χ4n) is 7.02. The van der Waals surface area contributed by atoms with Crippen molar-refractivity contribution in [3.63, 3.8) is 0 Å². The van der Waals surface area contributed by atoms with E-state index in [0.29, 0.717) is 6.42 Å². The van der Waals surface area contributed by atoms with Crippen molar-refractivity contribution >= 4 is 19.8 Å². The van der Waals surface area contributed by atoms with Crippen LogP contribution in [0.4, 0.5) is 0 Å². The summed E-state index contributed by atoms with van der Waals surface area (Å²) in [4.78, 5) is 43.0. The number of hydrogen-bond donors (Lipinski definition) is 2. The quantitative estimate of drug-likeness (QED) is 0.0271. The van der Waals surface area contributed by atoms with Crippen LogP contribution in [0.2, 0.25) is 0 Å². The smallest absolute Gasteiger partial charge is 0.462 e. The average Bonchev–Trinajstić information content (AvgIpc) is 3.16. The van der Waals surface area contributed by atoms with Crippen molar-refractivity contribution in [1.29, 1.82) is 0 Å². The molecule has 55 heavy (non-hydrogen) atoms. The molecule has 9 heteroatoms. The SMILES string of the molecule is CCCCCCCC/C=C/CCCCCCCCCCCC(=O)OC[C@H](COP(=O)(O)O)OC(=O)CCCCCCCCCCCCCCCCCCCC. The third-order valence-electron chi connectivity index (χ3n) is 10.5. The summed E-state index contributed by atoms with van der Waals surface area (Å²) in [6.45, 7) is 3.72. The molecule has 0 aromatic carbocycles. The van der Waals surface area contributed by atoms with E-state index < -0.39 is 32.5 Å². The maximum Gasteiger partial charge on any atom is 0.469 e. The van der Waals surface area contributed by atoms with Gasteiger partial charge in [-0.25, -0.2) is 4.57 Å². The first-order chi connectivity index (χ1) is 26.8. The largest absolute Gasteiger partial charge is 0.469 e. The van der Waals surface area contributed by atoms with Gasteiger partial charge in [0.2, 0.25) is 0 Å². The monoisotopic (exact) mass is 801 g/mol. The minimum atomic E-state index is -4.75. The summed E-state index contributed by atoms with van der Waals surface area (Å²) in [7, 11) is -4.75. The van der Waals surface area contributed by atoms with Crippen molar-refractivity contribution in [2.24, 2.45) is 0 Å². The molecular weight excluding hydrogens is 711 g/mol. The van der Waals surface area contributed by atoms with Gasteiger partial charge >= 0.3 is 19.8 Å². The molecule has 1 atom stereocenters. The first kappa shape index (κ1) is 53.8. The van der Waals surface area contributed by atoms with Crippen LogP contribution in [0.15, 0.2) is 12.2 Å². The van der Waals surface area contributed by atoms with Crippen LogP contribution in [-0.2, 0) is 28.2 Å². The van der Waals surface area contributed by atoms with Gasteiger partial charge in [-0.15, -0.1) is 0 Å². The fraction of sp³-hybridized carbons (Fsp3) is 0.913. The van der Waals surface area contributed by atoms with Gasteiger partial charge in [-0.2, -0.15) is 0 Å². The molecule has 0 saturated carbocycles. The van der Waals surface area contributed by atoms with Gasteiger partial charge in [0.05, 0.1) is 6.61 Å². The van der Waals surface area contributed by atoms with Crippen LogP contribution in [-0.4, -0.2) is 41.0 Å². The Morgan fingerprint density at radius 1 is 0.455 bits per heavy atom. The van der Waals surface area contributed by atoms with E-state index in [9.17, 15) is 14.2 Å². The number of phosphoric ester groups is 1. The minimum Gasteiger partial charge on any atom is -0.462 e. The zero-order valence-corrected chi connectivity index (χ0v) is 37.0. The highest BCUT2D eigenvalue weighted by Crippen LogP contribution is 2.36. The van der Waals surface area contributed by atoms with Gasteiger partial charge in [0.25, 0.3) is 0 Å². The molecule has 0 heterocycles. The second-order valence-electron chi connectivity index (χ2n) is 16.1. The molecule has 0 aliphatic carbocycles. The van der Waals surface area contributed by atoms with Crippen LogP contribution < -0.4 is 0 Å². The summed E-state index contributed by atoms with van der Waals surface area (Å²) in [5.74, 6) is -0.871. The van der Waals surface area contributed by atoms with Crippen LogP contribution in [0, 0.1) is 0 Å². The summed E-state index contributed by atoms with van der Waals surface area (Å²) >= 11 is 0. The Morgan fingerprint density at radius 2 is 0.764 bits per heavy atom. The lowest BCUT2D eigenvalue weighted by Gasteiger charge is -2.18. The Labute approximate surface area is 339 Å². The fourth-order valence-corrected chi connectivity index (χ4v) is 7.38. The second kappa shape index (κ2) is 42.4. The van der Waals surface area contributed by atoms with Crippen LogP contribution in [0.25, 0.3) is 0 Å². The van der Waals surface area contributed by atoms with Crippen molar-refractivity contribution in [1.82, 2.24) is 0 Å². The maximum absolute atomic E-state index is 12.4. The number of carbonyl (C=O) groups is 2.